The predicted octanol–water partition coefficient (Wildman–Crippen LogP) is -0.0872. The summed E-state index contributed by atoms with van der Waals surface area (Å²) < 4.78 is 13.6. The summed E-state index contributed by atoms with van der Waals surface area (Å²) in [7, 11) is 0. The molecule has 2 rings (SSSR count). The molecule has 2 N–H and O–H groups in total. The number of rotatable bonds is 3. The van der Waals surface area contributed by atoms with Crippen LogP contribution < -0.4 is 5.73 Å². The minimum atomic E-state index is -0.878. The number of halogens is 1. The Labute approximate surface area is 127 Å². The number of primary amides is 1. The Kier molecular flexibility index (Phi) is 4.75. The molecule has 1 heterocycles. The van der Waals surface area contributed by atoms with Gasteiger partial charge in [0.1, 0.15) is 11.9 Å². The van der Waals surface area contributed by atoms with Crippen molar-refractivity contribution in [2.45, 2.75) is 19.4 Å². The number of amides is 3. The molecular weight excluding hydrogens is 289 g/mol. The maximum atomic E-state index is 13.6. The maximum Gasteiger partial charge on any atom is 0.242 e. The Hall–Kier alpha value is -2.44. The highest BCUT2D eigenvalue weighted by atomic mass is 19.1. The number of piperazine rings is 1. The highest BCUT2D eigenvalue weighted by molar-refractivity contribution is 5.88. The van der Waals surface area contributed by atoms with Crippen molar-refractivity contribution in [2.24, 2.45) is 5.73 Å². The average molecular weight is 307 g/mol. The van der Waals surface area contributed by atoms with E-state index in [0.717, 1.165) is 0 Å². The van der Waals surface area contributed by atoms with Gasteiger partial charge in [-0.25, -0.2) is 4.39 Å². The van der Waals surface area contributed by atoms with E-state index in [2.05, 4.69) is 0 Å². The van der Waals surface area contributed by atoms with Crippen molar-refractivity contribution in [3.8, 4) is 0 Å². The number of benzene rings is 1. The summed E-state index contributed by atoms with van der Waals surface area (Å²) >= 11 is 0. The first-order chi connectivity index (χ1) is 10.4. The Morgan fingerprint density at radius 1 is 1.27 bits per heavy atom. The molecule has 1 saturated heterocycles. The van der Waals surface area contributed by atoms with Crippen molar-refractivity contribution in [2.75, 3.05) is 19.6 Å². The van der Waals surface area contributed by atoms with Crippen LogP contribution in [0.3, 0.4) is 0 Å². The summed E-state index contributed by atoms with van der Waals surface area (Å²) in [6, 6.07) is 5.11. The molecule has 0 radical (unpaired) electrons. The minimum Gasteiger partial charge on any atom is -0.368 e. The molecule has 1 fully saturated rings. The van der Waals surface area contributed by atoms with Gasteiger partial charge >= 0.3 is 0 Å². The first-order valence-corrected chi connectivity index (χ1v) is 6.98. The highest BCUT2D eigenvalue weighted by Gasteiger charge is 2.34. The fraction of sp³-hybridized carbons (Fsp3) is 0.400. The van der Waals surface area contributed by atoms with Gasteiger partial charge < -0.3 is 15.5 Å². The lowest BCUT2D eigenvalue weighted by atomic mass is 10.1. The molecule has 22 heavy (non-hydrogen) atoms. The third kappa shape index (κ3) is 3.41. The zero-order chi connectivity index (χ0) is 16.3. The van der Waals surface area contributed by atoms with Crippen LogP contribution in [0.25, 0.3) is 0 Å². The molecule has 3 amide bonds. The molecule has 0 bridgehead atoms. The summed E-state index contributed by atoms with van der Waals surface area (Å²) in [5.41, 5.74) is 5.60. The lowest BCUT2D eigenvalue weighted by Gasteiger charge is -2.39. The summed E-state index contributed by atoms with van der Waals surface area (Å²) in [6.07, 6.45) is -0.142. The zero-order valence-electron chi connectivity index (χ0n) is 12.3. The first-order valence-electron chi connectivity index (χ1n) is 6.98. The summed E-state index contributed by atoms with van der Waals surface area (Å²) in [4.78, 5) is 38.1. The van der Waals surface area contributed by atoms with Crippen molar-refractivity contribution in [1.29, 1.82) is 0 Å². The zero-order valence-corrected chi connectivity index (χ0v) is 12.3. The third-order valence-corrected chi connectivity index (χ3v) is 3.77. The average Bonchev–Trinajstić information content (AvgIpc) is 2.48. The Balaban J connectivity index is 2.12. The van der Waals surface area contributed by atoms with Crippen LogP contribution in [0.5, 0.6) is 0 Å². The molecule has 1 atom stereocenters. The van der Waals surface area contributed by atoms with E-state index in [4.69, 9.17) is 5.73 Å². The molecule has 7 heteroatoms. The normalized spacial score (nSPS) is 18.2. The van der Waals surface area contributed by atoms with Gasteiger partial charge in [-0.05, 0) is 11.6 Å². The van der Waals surface area contributed by atoms with E-state index in [1.165, 1.54) is 28.9 Å². The fourth-order valence-corrected chi connectivity index (χ4v) is 2.52. The van der Waals surface area contributed by atoms with Gasteiger partial charge in [0.2, 0.25) is 17.7 Å². The van der Waals surface area contributed by atoms with Crippen LogP contribution in [-0.2, 0) is 20.8 Å². The van der Waals surface area contributed by atoms with Crippen LogP contribution in [0.4, 0.5) is 4.39 Å². The molecule has 0 aliphatic carbocycles. The van der Waals surface area contributed by atoms with Gasteiger partial charge in [-0.3, -0.25) is 14.4 Å². The summed E-state index contributed by atoms with van der Waals surface area (Å²) in [5, 5.41) is 0. The summed E-state index contributed by atoms with van der Waals surface area (Å²) in [6.45, 7) is 2.02. The van der Waals surface area contributed by atoms with E-state index >= 15 is 0 Å². The summed E-state index contributed by atoms with van der Waals surface area (Å²) in [5.74, 6) is -1.69. The molecule has 118 valence electrons. The van der Waals surface area contributed by atoms with Gasteiger partial charge in [-0.2, -0.15) is 0 Å². The predicted molar refractivity (Wildman–Crippen MR) is 77.1 cm³/mol. The Morgan fingerprint density at radius 2 is 1.95 bits per heavy atom. The van der Waals surface area contributed by atoms with Crippen LogP contribution in [0.2, 0.25) is 0 Å². The number of nitrogens with two attached hydrogens (primary N) is 1. The minimum absolute atomic E-state index is 0.0771. The molecule has 6 nitrogen and oxygen atoms in total. The molecule has 1 aliphatic heterocycles. The van der Waals surface area contributed by atoms with Crippen molar-refractivity contribution >= 4 is 17.7 Å². The molecule has 0 saturated carbocycles. The van der Waals surface area contributed by atoms with Gasteiger partial charge in [0.05, 0.1) is 13.0 Å². The smallest absolute Gasteiger partial charge is 0.242 e. The lowest BCUT2D eigenvalue weighted by molar-refractivity contribution is -0.146. The van der Waals surface area contributed by atoms with E-state index in [9.17, 15) is 18.8 Å². The number of carbonyl (C=O) groups excluding carboxylic acids is 3. The van der Waals surface area contributed by atoms with Crippen molar-refractivity contribution in [1.82, 2.24) is 9.80 Å². The lowest BCUT2D eigenvalue weighted by Crippen LogP contribution is -2.60. The van der Waals surface area contributed by atoms with E-state index in [-0.39, 0.29) is 36.9 Å². The van der Waals surface area contributed by atoms with Crippen LogP contribution in [0, 0.1) is 5.82 Å². The number of hydrogen-bond acceptors (Lipinski definition) is 3. The van der Waals surface area contributed by atoms with Gasteiger partial charge in [0, 0.05) is 20.0 Å². The molecular formula is C15H18FN3O3. The van der Waals surface area contributed by atoms with E-state index in [1.54, 1.807) is 12.1 Å². The second-order valence-corrected chi connectivity index (χ2v) is 5.24. The van der Waals surface area contributed by atoms with E-state index < -0.39 is 17.8 Å². The molecule has 1 aliphatic rings. The standard InChI is InChI=1S/C15H18FN3O3/c1-10(20)18-6-7-19(13(9-18)15(17)22)14(21)8-11-4-2-3-5-12(11)16/h2-5,13H,6-9H2,1H3,(H2,17,22). The second-order valence-electron chi connectivity index (χ2n) is 5.24. The van der Waals surface area contributed by atoms with Crippen LogP contribution >= 0.6 is 0 Å². The fourth-order valence-electron chi connectivity index (χ4n) is 2.52. The monoisotopic (exact) mass is 307 g/mol. The van der Waals surface area contributed by atoms with Crippen LogP contribution in [0.15, 0.2) is 24.3 Å². The third-order valence-electron chi connectivity index (χ3n) is 3.77. The van der Waals surface area contributed by atoms with Gasteiger partial charge in [0.25, 0.3) is 0 Å². The second kappa shape index (κ2) is 6.55. The SMILES string of the molecule is CC(=O)N1CCN(C(=O)Cc2ccccc2F)C(C(N)=O)C1. The van der Waals surface area contributed by atoms with Crippen LogP contribution in [-0.4, -0.2) is 53.2 Å². The molecule has 0 spiro atoms. The van der Waals surface area contributed by atoms with E-state index in [1.807, 2.05) is 0 Å². The van der Waals surface area contributed by atoms with Crippen molar-refractivity contribution in [3.05, 3.63) is 35.6 Å². The van der Waals surface area contributed by atoms with Gasteiger partial charge in [-0.15, -0.1) is 0 Å². The van der Waals surface area contributed by atoms with Gasteiger partial charge in [0.15, 0.2) is 0 Å². The number of carbonyl (C=O) groups is 3. The maximum absolute atomic E-state index is 13.6. The molecule has 1 aromatic rings. The topological polar surface area (TPSA) is 83.7 Å². The van der Waals surface area contributed by atoms with Gasteiger partial charge in [-0.1, -0.05) is 18.2 Å². The largest absolute Gasteiger partial charge is 0.368 e. The Morgan fingerprint density at radius 3 is 2.55 bits per heavy atom. The Bertz CT molecular complexity index is 605. The van der Waals surface area contributed by atoms with Crippen molar-refractivity contribution in [3.63, 3.8) is 0 Å². The quantitative estimate of drug-likeness (QED) is 0.847. The molecule has 1 unspecified atom stereocenters. The molecule has 0 aromatic heterocycles. The van der Waals surface area contributed by atoms with E-state index in [0.29, 0.717) is 6.54 Å². The van der Waals surface area contributed by atoms with Crippen molar-refractivity contribution < 1.29 is 18.8 Å². The number of nitrogens with zero attached hydrogens (tertiary/aromatic N) is 2. The highest BCUT2D eigenvalue weighted by Crippen LogP contribution is 2.14. The van der Waals surface area contributed by atoms with Crippen LogP contribution in [0.1, 0.15) is 12.5 Å². The number of hydrogen-bond donors (Lipinski definition) is 1. The first kappa shape index (κ1) is 15.9. The molecule has 1 aromatic carbocycles.